The van der Waals surface area contributed by atoms with Crippen LogP contribution in [0.4, 0.5) is 13.2 Å². The van der Waals surface area contributed by atoms with Crippen LogP contribution in [0.25, 0.3) is 0 Å². The van der Waals surface area contributed by atoms with Crippen molar-refractivity contribution < 1.29 is 53.7 Å². The van der Waals surface area contributed by atoms with E-state index in [4.69, 9.17) is 40.5 Å². The second-order valence-electron chi connectivity index (χ2n) is 3.28. The number of carboxylic acids is 1. The maximum Gasteiger partial charge on any atom is 0.490 e. The second kappa shape index (κ2) is 9.01. The molecule has 116 valence electrons. The number of carboxylic acid groups (broad SMARTS) is 1. The highest BCUT2D eigenvalue weighted by atomic mass is 19.4. The van der Waals surface area contributed by atoms with E-state index in [2.05, 4.69) is 0 Å². The molecule has 0 saturated heterocycles. The summed E-state index contributed by atoms with van der Waals surface area (Å²) in [5.41, 5.74) is 0. The summed E-state index contributed by atoms with van der Waals surface area (Å²) in [5, 5.41) is 59.3. The zero-order valence-corrected chi connectivity index (χ0v) is 9.40. The summed E-state index contributed by atoms with van der Waals surface area (Å²) in [4.78, 5) is 8.90. The van der Waals surface area contributed by atoms with Crippen molar-refractivity contribution in [2.75, 3.05) is 13.2 Å². The molecule has 7 N–H and O–H groups in total. The van der Waals surface area contributed by atoms with Crippen LogP contribution in [0.15, 0.2) is 0 Å². The Labute approximate surface area is 105 Å². The van der Waals surface area contributed by atoms with Gasteiger partial charge in [0.05, 0.1) is 13.2 Å². The van der Waals surface area contributed by atoms with Gasteiger partial charge in [0, 0.05) is 0 Å². The second-order valence-corrected chi connectivity index (χ2v) is 3.28. The van der Waals surface area contributed by atoms with Gasteiger partial charge in [-0.25, -0.2) is 4.79 Å². The van der Waals surface area contributed by atoms with E-state index in [1.165, 1.54) is 0 Å². The van der Waals surface area contributed by atoms with Crippen LogP contribution in [0.1, 0.15) is 0 Å². The first-order valence-electron chi connectivity index (χ1n) is 4.73. The minimum atomic E-state index is -5.08. The first kappa shape index (κ1) is 20.3. The number of halogens is 3. The summed E-state index contributed by atoms with van der Waals surface area (Å²) >= 11 is 0. The molecule has 19 heavy (non-hydrogen) atoms. The Morgan fingerprint density at radius 3 is 1.21 bits per heavy atom. The molecule has 0 fully saturated rings. The molecule has 0 spiro atoms. The lowest BCUT2D eigenvalue weighted by Gasteiger charge is -2.24. The number of aliphatic hydroxyl groups is 6. The van der Waals surface area contributed by atoms with Gasteiger partial charge in [0.25, 0.3) is 0 Å². The Hall–Kier alpha value is -0.980. The van der Waals surface area contributed by atoms with Crippen LogP contribution in [-0.2, 0) is 4.79 Å². The van der Waals surface area contributed by atoms with Gasteiger partial charge in [-0.05, 0) is 0 Å². The molecule has 11 heteroatoms. The minimum absolute atomic E-state index is 0.726. The quantitative estimate of drug-likeness (QED) is 0.283. The Balaban J connectivity index is 0. The highest BCUT2D eigenvalue weighted by molar-refractivity contribution is 5.73. The van der Waals surface area contributed by atoms with E-state index in [-0.39, 0.29) is 0 Å². The molecule has 0 amide bonds. The number of alkyl halides is 3. The Bertz CT molecular complexity index is 245. The van der Waals surface area contributed by atoms with Crippen molar-refractivity contribution in [1.29, 1.82) is 0 Å². The third kappa shape index (κ3) is 8.69. The average Bonchev–Trinajstić information content (AvgIpc) is 2.34. The van der Waals surface area contributed by atoms with Gasteiger partial charge < -0.3 is 35.7 Å². The van der Waals surface area contributed by atoms with E-state index in [0.717, 1.165) is 0 Å². The number of aliphatic hydroxyl groups excluding tert-OH is 6. The molecule has 0 saturated carbocycles. The molecule has 0 aromatic heterocycles. The van der Waals surface area contributed by atoms with E-state index >= 15 is 0 Å². The van der Waals surface area contributed by atoms with Crippen molar-refractivity contribution in [3.05, 3.63) is 0 Å². The minimum Gasteiger partial charge on any atom is -0.475 e. The molecule has 0 aliphatic carbocycles. The molecule has 0 aliphatic heterocycles. The fraction of sp³-hybridized carbons (Fsp3) is 0.875. The topological polar surface area (TPSA) is 159 Å². The van der Waals surface area contributed by atoms with Crippen LogP contribution in [-0.4, -0.2) is 85.5 Å². The molecule has 0 aromatic carbocycles. The zero-order chi connectivity index (χ0) is 15.8. The molecule has 0 aromatic rings. The van der Waals surface area contributed by atoms with Crippen LogP contribution < -0.4 is 0 Å². The van der Waals surface area contributed by atoms with Gasteiger partial charge in [0.1, 0.15) is 24.4 Å². The largest absolute Gasteiger partial charge is 0.490 e. The van der Waals surface area contributed by atoms with Crippen molar-refractivity contribution in [2.24, 2.45) is 0 Å². The first-order valence-corrected chi connectivity index (χ1v) is 4.73. The summed E-state index contributed by atoms with van der Waals surface area (Å²) in [6, 6.07) is 0. The summed E-state index contributed by atoms with van der Waals surface area (Å²) in [5.74, 6) is -2.76. The maximum absolute atomic E-state index is 10.6. The molecule has 4 atom stereocenters. The predicted octanol–water partition coefficient (Wildman–Crippen LogP) is -2.95. The number of rotatable bonds is 5. The summed E-state index contributed by atoms with van der Waals surface area (Å²) in [6.45, 7) is -1.45. The number of carbonyl (C=O) groups is 1. The van der Waals surface area contributed by atoms with Crippen LogP contribution in [0.3, 0.4) is 0 Å². The zero-order valence-electron chi connectivity index (χ0n) is 9.40. The lowest BCUT2D eigenvalue weighted by molar-refractivity contribution is -0.192. The Morgan fingerprint density at radius 1 is 0.895 bits per heavy atom. The predicted molar refractivity (Wildman–Crippen MR) is 51.9 cm³/mol. The van der Waals surface area contributed by atoms with E-state index in [9.17, 15) is 13.2 Å². The van der Waals surface area contributed by atoms with Gasteiger partial charge in [-0.15, -0.1) is 0 Å². The Kier molecular flexibility index (Phi) is 9.64. The van der Waals surface area contributed by atoms with Crippen LogP contribution >= 0.6 is 0 Å². The van der Waals surface area contributed by atoms with Gasteiger partial charge in [-0.3, -0.25) is 0 Å². The van der Waals surface area contributed by atoms with E-state index in [0.29, 0.717) is 0 Å². The lowest BCUT2D eigenvalue weighted by Crippen LogP contribution is -2.46. The van der Waals surface area contributed by atoms with Crippen molar-refractivity contribution in [2.45, 2.75) is 30.6 Å². The standard InChI is InChI=1S/C6H14O6.C2HF3O2/c7-1-3(9)5(11)6(12)4(10)2-8;3-2(4,5)1(6)7/h3-12H,1-2H2;(H,6,7)/t3-,4+,5-,6-;/m1./s1. The van der Waals surface area contributed by atoms with E-state index in [1.54, 1.807) is 0 Å². The van der Waals surface area contributed by atoms with Gasteiger partial charge in [0.2, 0.25) is 0 Å². The molecule has 0 bridgehead atoms. The third-order valence-electron chi connectivity index (χ3n) is 1.75. The number of hydrogen-bond acceptors (Lipinski definition) is 7. The molecule has 0 rings (SSSR count). The molecule has 0 unspecified atom stereocenters. The van der Waals surface area contributed by atoms with Crippen molar-refractivity contribution in [1.82, 2.24) is 0 Å². The third-order valence-corrected chi connectivity index (χ3v) is 1.75. The number of aliphatic carboxylic acids is 1. The molecule has 8 nitrogen and oxygen atoms in total. The SMILES string of the molecule is O=C(O)C(F)(F)F.OC[C@@H](O)[C@@H](O)[C@H](O)[C@@H](O)CO. The van der Waals surface area contributed by atoms with Crippen molar-refractivity contribution in [3.63, 3.8) is 0 Å². The van der Waals surface area contributed by atoms with E-state index in [1.807, 2.05) is 0 Å². The average molecular weight is 296 g/mol. The van der Waals surface area contributed by atoms with Crippen LogP contribution in [0.5, 0.6) is 0 Å². The summed E-state index contributed by atoms with van der Waals surface area (Å²) in [6.07, 6.45) is -11.5. The summed E-state index contributed by atoms with van der Waals surface area (Å²) in [7, 11) is 0. The van der Waals surface area contributed by atoms with Gasteiger partial charge in [0.15, 0.2) is 0 Å². The molecular weight excluding hydrogens is 281 g/mol. The Morgan fingerprint density at radius 2 is 1.11 bits per heavy atom. The molecule has 0 aliphatic rings. The van der Waals surface area contributed by atoms with E-state index < -0.39 is 49.8 Å². The van der Waals surface area contributed by atoms with Crippen molar-refractivity contribution in [3.8, 4) is 0 Å². The van der Waals surface area contributed by atoms with Gasteiger partial charge in [-0.2, -0.15) is 13.2 Å². The monoisotopic (exact) mass is 296 g/mol. The normalized spacial score (nSPS) is 17.7. The van der Waals surface area contributed by atoms with Crippen LogP contribution in [0, 0.1) is 0 Å². The highest BCUT2D eigenvalue weighted by Crippen LogP contribution is 2.13. The smallest absolute Gasteiger partial charge is 0.475 e. The lowest BCUT2D eigenvalue weighted by atomic mass is 10.0. The fourth-order valence-corrected chi connectivity index (χ4v) is 0.671. The fourth-order valence-electron chi connectivity index (χ4n) is 0.671. The van der Waals surface area contributed by atoms with Crippen molar-refractivity contribution >= 4 is 5.97 Å². The number of hydrogen-bond donors (Lipinski definition) is 7. The van der Waals surface area contributed by atoms with Gasteiger partial charge in [-0.1, -0.05) is 0 Å². The maximum atomic E-state index is 10.6. The molecular formula is C8H15F3O8. The van der Waals surface area contributed by atoms with Crippen LogP contribution in [0.2, 0.25) is 0 Å². The summed E-state index contributed by atoms with van der Waals surface area (Å²) < 4.78 is 31.7. The highest BCUT2D eigenvalue weighted by Gasteiger charge is 2.38. The first-order chi connectivity index (χ1) is 8.48. The van der Waals surface area contributed by atoms with Gasteiger partial charge >= 0.3 is 12.1 Å². The molecule has 0 heterocycles. The molecule has 0 radical (unpaired) electrons.